The zero-order chi connectivity index (χ0) is 15.6. The van der Waals surface area contributed by atoms with Gasteiger partial charge in [0.2, 0.25) is 10.0 Å². The molecular weight excluding hydrogens is 347 g/mol. The molecule has 1 unspecified atom stereocenters. The molecule has 0 saturated heterocycles. The monoisotopic (exact) mass is 366 g/mol. The summed E-state index contributed by atoms with van der Waals surface area (Å²) in [7, 11) is -3.26. The van der Waals surface area contributed by atoms with Crippen molar-refractivity contribution >= 4 is 26.0 Å². The quantitative estimate of drug-likeness (QED) is 0.813. The minimum atomic E-state index is -3.26. The number of hydrogen-bond acceptors (Lipinski definition) is 3. The summed E-state index contributed by atoms with van der Waals surface area (Å²) < 4.78 is 38.8. The zero-order valence-electron chi connectivity index (χ0n) is 12.0. The molecule has 0 amide bonds. The van der Waals surface area contributed by atoms with Crippen LogP contribution in [-0.2, 0) is 10.0 Å². The van der Waals surface area contributed by atoms with Crippen LogP contribution < -0.4 is 10.0 Å². The van der Waals surface area contributed by atoms with Crippen molar-refractivity contribution in [1.29, 1.82) is 0 Å². The van der Waals surface area contributed by atoms with Crippen molar-refractivity contribution < 1.29 is 12.8 Å². The van der Waals surface area contributed by atoms with Gasteiger partial charge in [-0.3, -0.25) is 0 Å². The first-order valence-electron chi connectivity index (χ1n) is 6.17. The van der Waals surface area contributed by atoms with Gasteiger partial charge >= 0.3 is 0 Å². The van der Waals surface area contributed by atoms with Gasteiger partial charge in [0.1, 0.15) is 5.82 Å². The maximum absolute atomic E-state index is 13.0. The second kappa shape index (κ2) is 6.51. The molecule has 0 saturated carbocycles. The van der Waals surface area contributed by atoms with Crippen LogP contribution in [0.1, 0.15) is 32.4 Å². The molecule has 0 heterocycles. The lowest BCUT2D eigenvalue weighted by Crippen LogP contribution is -2.50. The van der Waals surface area contributed by atoms with Gasteiger partial charge in [-0.2, -0.15) is 0 Å². The summed E-state index contributed by atoms with van der Waals surface area (Å²) in [5, 5.41) is 3.24. The molecule has 1 rings (SSSR count). The topological polar surface area (TPSA) is 58.2 Å². The van der Waals surface area contributed by atoms with Gasteiger partial charge in [-0.05, 0) is 38.5 Å². The molecule has 7 heteroatoms. The van der Waals surface area contributed by atoms with Gasteiger partial charge in [0.25, 0.3) is 0 Å². The van der Waals surface area contributed by atoms with Crippen molar-refractivity contribution in [2.45, 2.75) is 32.4 Å². The smallest absolute Gasteiger partial charge is 0.209 e. The van der Waals surface area contributed by atoms with Crippen LogP contribution in [0.3, 0.4) is 0 Å². The Bertz CT molecular complexity index is 576. The van der Waals surface area contributed by atoms with Gasteiger partial charge in [-0.15, -0.1) is 0 Å². The van der Waals surface area contributed by atoms with Crippen molar-refractivity contribution in [2.24, 2.45) is 0 Å². The Morgan fingerprint density at radius 1 is 1.40 bits per heavy atom. The SMILES string of the molecule is CC(NCC(C)(C)NS(C)(=O)=O)c1ccc(F)cc1Br. The lowest BCUT2D eigenvalue weighted by atomic mass is 10.0. The lowest BCUT2D eigenvalue weighted by Gasteiger charge is -2.28. The van der Waals surface area contributed by atoms with Crippen molar-refractivity contribution in [3.05, 3.63) is 34.1 Å². The second-order valence-electron chi connectivity index (χ2n) is 5.53. The first-order valence-corrected chi connectivity index (χ1v) is 8.86. The predicted octanol–water partition coefficient (Wildman–Crippen LogP) is 2.57. The highest BCUT2D eigenvalue weighted by Crippen LogP contribution is 2.24. The highest BCUT2D eigenvalue weighted by molar-refractivity contribution is 9.10. The highest BCUT2D eigenvalue weighted by atomic mass is 79.9. The van der Waals surface area contributed by atoms with Gasteiger partial charge in [0.15, 0.2) is 0 Å². The molecule has 1 atom stereocenters. The summed E-state index contributed by atoms with van der Waals surface area (Å²) in [5.41, 5.74) is 0.315. The van der Waals surface area contributed by atoms with Crippen LogP contribution >= 0.6 is 15.9 Å². The summed E-state index contributed by atoms with van der Waals surface area (Å²) in [5.74, 6) is -0.299. The third-order valence-corrected chi connectivity index (χ3v) is 4.35. The second-order valence-corrected chi connectivity index (χ2v) is 8.13. The molecule has 1 aromatic rings. The Labute approximate surface area is 128 Å². The minimum Gasteiger partial charge on any atom is -0.308 e. The zero-order valence-corrected chi connectivity index (χ0v) is 14.4. The molecule has 0 aliphatic rings. The van der Waals surface area contributed by atoms with Gasteiger partial charge in [-0.1, -0.05) is 22.0 Å². The van der Waals surface area contributed by atoms with E-state index in [0.29, 0.717) is 11.0 Å². The summed E-state index contributed by atoms with van der Waals surface area (Å²) in [6.07, 6.45) is 1.13. The number of rotatable bonds is 6. The van der Waals surface area contributed by atoms with E-state index in [0.717, 1.165) is 11.8 Å². The van der Waals surface area contributed by atoms with Crippen molar-refractivity contribution in [2.75, 3.05) is 12.8 Å². The molecule has 0 radical (unpaired) electrons. The molecule has 0 spiro atoms. The normalized spacial score (nSPS) is 14.3. The first kappa shape index (κ1) is 17.6. The third-order valence-electron chi connectivity index (χ3n) is 2.74. The van der Waals surface area contributed by atoms with E-state index in [-0.39, 0.29) is 11.9 Å². The van der Waals surface area contributed by atoms with Crippen LogP contribution in [0.5, 0.6) is 0 Å². The van der Waals surface area contributed by atoms with Crippen molar-refractivity contribution in [3.63, 3.8) is 0 Å². The fraction of sp³-hybridized carbons (Fsp3) is 0.538. The molecule has 0 fully saturated rings. The molecule has 4 nitrogen and oxygen atoms in total. The van der Waals surface area contributed by atoms with Gasteiger partial charge < -0.3 is 5.32 Å². The molecule has 1 aromatic carbocycles. The van der Waals surface area contributed by atoms with E-state index in [1.165, 1.54) is 12.1 Å². The highest BCUT2D eigenvalue weighted by Gasteiger charge is 2.23. The molecule has 0 aliphatic heterocycles. The maximum atomic E-state index is 13.0. The summed E-state index contributed by atoms with van der Waals surface area (Å²) in [4.78, 5) is 0. The number of nitrogens with one attached hydrogen (secondary N) is 2. The minimum absolute atomic E-state index is 0.0365. The third kappa shape index (κ3) is 5.87. The van der Waals surface area contributed by atoms with E-state index in [4.69, 9.17) is 0 Å². The molecule has 2 N–H and O–H groups in total. The lowest BCUT2D eigenvalue weighted by molar-refractivity contribution is 0.398. The first-order chi connectivity index (χ1) is 9.00. The Morgan fingerprint density at radius 3 is 2.50 bits per heavy atom. The Hall–Kier alpha value is -0.500. The van der Waals surface area contributed by atoms with Crippen LogP contribution in [0.2, 0.25) is 0 Å². The van der Waals surface area contributed by atoms with E-state index in [1.54, 1.807) is 19.9 Å². The van der Waals surface area contributed by atoms with Gasteiger partial charge in [-0.25, -0.2) is 17.5 Å². The Morgan fingerprint density at radius 2 is 2.00 bits per heavy atom. The largest absolute Gasteiger partial charge is 0.308 e. The van der Waals surface area contributed by atoms with E-state index in [9.17, 15) is 12.8 Å². The Kier molecular flexibility index (Phi) is 5.71. The van der Waals surface area contributed by atoms with Crippen LogP contribution in [0.15, 0.2) is 22.7 Å². The summed E-state index contributed by atoms with van der Waals surface area (Å²) in [6, 6.07) is 4.48. The number of hydrogen-bond donors (Lipinski definition) is 2. The molecule has 0 aliphatic carbocycles. The average Bonchev–Trinajstić information content (AvgIpc) is 2.22. The number of benzene rings is 1. The fourth-order valence-corrected chi connectivity index (χ4v) is 3.68. The van der Waals surface area contributed by atoms with E-state index in [1.807, 2.05) is 6.92 Å². The predicted molar refractivity (Wildman–Crippen MR) is 82.6 cm³/mol. The fourth-order valence-electron chi connectivity index (χ4n) is 1.91. The van der Waals surface area contributed by atoms with Crippen molar-refractivity contribution in [1.82, 2.24) is 10.0 Å². The van der Waals surface area contributed by atoms with Crippen molar-refractivity contribution in [3.8, 4) is 0 Å². The molecular formula is C13H20BrFN2O2S. The molecule has 20 heavy (non-hydrogen) atoms. The molecule has 114 valence electrons. The van der Waals surface area contributed by atoms with E-state index < -0.39 is 15.6 Å². The number of sulfonamides is 1. The van der Waals surface area contributed by atoms with E-state index in [2.05, 4.69) is 26.0 Å². The summed E-state index contributed by atoms with van der Waals surface area (Å²) >= 11 is 3.33. The Balaban J connectivity index is 2.69. The van der Waals surface area contributed by atoms with Crippen LogP contribution in [0.25, 0.3) is 0 Å². The average molecular weight is 367 g/mol. The van der Waals surface area contributed by atoms with E-state index >= 15 is 0 Å². The van der Waals surface area contributed by atoms with Crippen LogP contribution in [0, 0.1) is 5.82 Å². The van der Waals surface area contributed by atoms with Gasteiger partial charge in [0.05, 0.1) is 6.26 Å². The number of halogens is 2. The van der Waals surface area contributed by atoms with Crippen LogP contribution in [-0.4, -0.2) is 26.8 Å². The maximum Gasteiger partial charge on any atom is 0.209 e. The molecule has 0 bridgehead atoms. The standard InChI is InChI=1S/C13H20BrFN2O2S/c1-9(11-6-5-10(15)7-12(11)14)16-8-13(2,3)17-20(4,18)19/h5-7,9,16-17H,8H2,1-4H3. The van der Waals surface area contributed by atoms with Gasteiger partial charge in [0, 0.05) is 22.6 Å². The van der Waals surface area contributed by atoms with Crippen LogP contribution in [0.4, 0.5) is 4.39 Å². The summed E-state index contributed by atoms with van der Waals surface area (Å²) in [6.45, 7) is 5.99. The molecule has 0 aromatic heterocycles.